The van der Waals surface area contributed by atoms with Crippen molar-refractivity contribution in [3.05, 3.63) is 102 Å². The normalized spacial score (nSPS) is 15.7. The largest absolute Gasteiger partial charge is 0.350 e. The smallest absolute Gasteiger partial charge is 0.254 e. The minimum atomic E-state index is -0.646. The quantitative estimate of drug-likeness (QED) is 0.325. The van der Waals surface area contributed by atoms with Crippen molar-refractivity contribution < 1.29 is 13.6 Å². The van der Waals surface area contributed by atoms with Gasteiger partial charge in [-0.2, -0.15) is 0 Å². The van der Waals surface area contributed by atoms with Gasteiger partial charge in [0, 0.05) is 54.2 Å². The summed E-state index contributed by atoms with van der Waals surface area (Å²) in [5, 5.41) is 7.21. The van der Waals surface area contributed by atoms with Crippen LogP contribution in [0.15, 0.2) is 73.2 Å². The molecule has 38 heavy (non-hydrogen) atoms. The molecule has 1 amide bonds. The van der Waals surface area contributed by atoms with Crippen molar-refractivity contribution >= 4 is 22.5 Å². The van der Waals surface area contributed by atoms with E-state index in [2.05, 4.69) is 26.7 Å². The maximum Gasteiger partial charge on any atom is 0.254 e. The maximum atomic E-state index is 15.0. The lowest BCUT2D eigenvalue weighted by Crippen LogP contribution is -2.43. The number of carbonyl (C=O) groups excluding carboxylic acids is 1. The zero-order valence-electron chi connectivity index (χ0n) is 20.8. The molecule has 6 nitrogen and oxygen atoms in total. The molecule has 0 radical (unpaired) electrons. The molecule has 3 aromatic heterocycles. The lowest BCUT2D eigenvalue weighted by Gasteiger charge is -2.23. The molecule has 1 atom stereocenters. The molecule has 1 aliphatic heterocycles. The Bertz CT molecular complexity index is 1640. The van der Waals surface area contributed by atoms with E-state index in [1.54, 1.807) is 29.1 Å². The number of nitrogens with one attached hydrogen (secondary N) is 2. The van der Waals surface area contributed by atoms with E-state index < -0.39 is 17.5 Å². The summed E-state index contributed by atoms with van der Waals surface area (Å²) >= 11 is 0. The molecule has 1 aliphatic rings. The van der Waals surface area contributed by atoms with Crippen LogP contribution < -0.4 is 10.6 Å². The second-order valence-electron chi connectivity index (χ2n) is 9.78. The predicted octanol–water partition coefficient (Wildman–Crippen LogP) is 5.29. The Labute approximate surface area is 218 Å². The van der Waals surface area contributed by atoms with Crippen LogP contribution in [0.1, 0.15) is 40.9 Å². The summed E-state index contributed by atoms with van der Waals surface area (Å²) in [5.41, 5.74) is 3.91. The highest BCUT2D eigenvalue weighted by Gasteiger charge is 2.18. The number of hydrogen-bond acceptors (Lipinski definition) is 4. The van der Waals surface area contributed by atoms with Gasteiger partial charge in [0.25, 0.3) is 5.91 Å². The minimum absolute atomic E-state index is 0.0276. The van der Waals surface area contributed by atoms with Gasteiger partial charge in [0.05, 0.1) is 11.1 Å². The predicted molar refractivity (Wildman–Crippen MR) is 143 cm³/mol. The van der Waals surface area contributed by atoms with Gasteiger partial charge in [0.2, 0.25) is 0 Å². The fourth-order valence-corrected chi connectivity index (χ4v) is 5.12. The molecule has 1 saturated heterocycles. The van der Waals surface area contributed by atoms with Gasteiger partial charge in [-0.25, -0.2) is 13.8 Å². The number of piperidine rings is 1. The third kappa shape index (κ3) is 4.87. The number of hydrogen-bond donors (Lipinski definition) is 2. The number of benzene rings is 2. The van der Waals surface area contributed by atoms with E-state index >= 15 is 8.78 Å². The number of imidazole rings is 1. The minimum Gasteiger partial charge on any atom is -0.350 e. The third-order valence-electron chi connectivity index (χ3n) is 7.16. The van der Waals surface area contributed by atoms with Crippen molar-refractivity contribution in [3.8, 4) is 11.1 Å². The van der Waals surface area contributed by atoms with Crippen molar-refractivity contribution in [3.63, 3.8) is 0 Å². The molecule has 0 aliphatic carbocycles. The molecule has 2 N–H and O–H groups in total. The van der Waals surface area contributed by atoms with Crippen molar-refractivity contribution in [2.45, 2.75) is 31.7 Å². The molecule has 8 heteroatoms. The fraction of sp³-hybridized carbons (Fsp3) is 0.233. The van der Waals surface area contributed by atoms with E-state index in [-0.39, 0.29) is 17.3 Å². The van der Waals surface area contributed by atoms with Crippen LogP contribution in [0, 0.1) is 11.6 Å². The highest BCUT2D eigenvalue weighted by molar-refractivity contribution is 5.95. The van der Waals surface area contributed by atoms with Crippen molar-refractivity contribution in [1.82, 2.24) is 25.0 Å². The first-order valence-corrected chi connectivity index (χ1v) is 12.9. The van der Waals surface area contributed by atoms with Crippen molar-refractivity contribution in [2.75, 3.05) is 13.1 Å². The molecule has 2 aromatic carbocycles. The molecule has 6 rings (SSSR count). The summed E-state index contributed by atoms with van der Waals surface area (Å²) in [7, 11) is 0. The zero-order valence-corrected chi connectivity index (χ0v) is 20.8. The van der Waals surface area contributed by atoms with E-state index in [9.17, 15) is 4.79 Å². The Kier molecular flexibility index (Phi) is 6.55. The van der Waals surface area contributed by atoms with Crippen LogP contribution in [-0.4, -0.2) is 39.4 Å². The van der Waals surface area contributed by atoms with E-state index in [1.807, 2.05) is 24.3 Å². The van der Waals surface area contributed by atoms with Gasteiger partial charge in [-0.3, -0.25) is 9.78 Å². The molecular weight excluding hydrogens is 484 g/mol. The summed E-state index contributed by atoms with van der Waals surface area (Å²) < 4.78 is 31.7. The third-order valence-corrected chi connectivity index (χ3v) is 7.16. The average molecular weight is 512 g/mol. The summed E-state index contributed by atoms with van der Waals surface area (Å²) in [4.78, 5) is 21.2. The average Bonchev–Trinajstić information content (AvgIpc) is 3.35. The highest BCUT2D eigenvalue weighted by Crippen LogP contribution is 2.26. The molecule has 0 bridgehead atoms. The van der Waals surface area contributed by atoms with Gasteiger partial charge < -0.3 is 15.0 Å². The highest BCUT2D eigenvalue weighted by atomic mass is 19.1. The lowest BCUT2D eigenvalue weighted by molar-refractivity contribution is 0.0943. The summed E-state index contributed by atoms with van der Waals surface area (Å²) in [6.07, 6.45) is 8.96. The molecule has 5 aromatic rings. The van der Waals surface area contributed by atoms with Crippen LogP contribution in [-0.2, 0) is 6.42 Å². The number of nitrogens with zero attached hydrogens (tertiary/aromatic N) is 3. The van der Waals surface area contributed by atoms with Crippen molar-refractivity contribution in [2.24, 2.45) is 0 Å². The van der Waals surface area contributed by atoms with Crippen LogP contribution in [0.3, 0.4) is 0 Å². The number of fused-ring (bicyclic) bond motifs is 2. The van der Waals surface area contributed by atoms with Crippen LogP contribution in [0.5, 0.6) is 0 Å². The molecule has 4 heterocycles. The fourth-order valence-electron chi connectivity index (χ4n) is 5.12. The number of carbonyl (C=O) groups is 1. The molecule has 1 fully saturated rings. The first kappa shape index (κ1) is 24.2. The van der Waals surface area contributed by atoms with E-state index in [0.29, 0.717) is 24.1 Å². The van der Waals surface area contributed by atoms with Crippen molar-refractivity contribution in [1.29, 1.82) is 0 Å². The first-order valence-electron chi connectivity index (χ1n) is 12.9. The molecule has 0 saturated carbocycles. The monoisotopic (exact) mass is 511 g/mol. The molecule has 192 valence electrons. The topological polar surface area (TPSA) is 71.3 Å². The van der Waals surface area contributed by atoms with Gasteiger partial charge >= 0.3 is 0 Å². The van der Waals surface area contributed by atoms with Gasteiger partial charge in [0.15, 0.2) is 11.5 Å². The molecule has 0 spiro atoms. The number of pyridine rings is 2. The second-order valence-corrected chi connectivity index (χ2v) is 9.78. The van der Waals surface area contributed by atoms with Crippen LogP contribution >= 0.6 is 0 Å². The zero-order chi connectivity index (χ0) is 26.1. The van der Waals surface area contributed by atoms with E-state index in [4.69, 9.17) is 0 Å². The number of aromatic nitrogens is 3. The van der Waals surface area contributed by atoms with Gasteiger partial charge in [-0.05, 0) is 66.9 Å². The number of halogens is 2. The summed E-state index contributed by atoms with van der Waals surface area (Å²) in [6.45, 7) is 1.39. The Morgan fingerprint density at radius 3 is 2.76 bits per heavy atom. The SMILES string of the molecule is O=C(NCC1CCCCN1)c1ccc(-c2cc(F)c3ncc(Cc4ccc5ncccc5c4)n3c2)cc1F. The number of rotatable bonds is 6. The Morgan fingerprint density at radius 2 is 1.92 bits per heavy atom. The lowest BCUT2D eigenvalue weighted by atomic mass is 10.0. The van der Waals surface area contributed by atoms with Crippen LogP contribution in [0.2, 0.25) is 0 Å². The van der Waals surface area contributed by atoms with Crippen LogP contribution in [0.4, 0.5) is 8.78 Å². The Hall–Kier alpha value is -4.17. The Balaban J connectivity index is 1.25. The van der Waals surface area contributed by atoms with Gasteiger partial charge in [-0.1, -0.05) is 24.6 Å². The van der Waals surface area contributed by atoms with E-state index in [1.165, 1.54) is 18.2 Å². The molecular formula is C30H27F2N5O. The van der Waals surface area contributed by atoms with E-state index in [0.717, 1.165) is 48.0 Å². The maximum absolute atomic E-state index is 15.0. The summed E-state index contributed by atoms with van der Waals surface area (Å²) in [6, 6.07) is 15.8. The van der Waals surface area contributed by atoms with Gasteiger partial charge in [-0.15, -0.1) is 0 Å². The standard InChI is InChI=1S/C30H27F2N5O/c31-26-14-20(7-8-25(26)30(38)36-16-23-5-1-2-10-33-23)22-15-27(32)29-35-17-24(37(29)18-22)13-19-6-9-28-21(12-19)4-3-11-34-28/h3-4,6-9,11-12,14-15,17-18,23,33H,1-2,5,10,13,16H2,(H,36,38). The van der Waals surface area contributed by atoms with Gasteiger partial charge in [0.1, 0.15) is 5.82 Å². The second kappa shape index (κ2) is 10.3. The number of amides is 1. The molecule has 1 unspecified atom stereocenters. The summed E-state index contributed by atoms with van der Waals surface area (Å²) in [5.74, 6) is -1.60. The first-order chi connectivity index (χ1) is 18.5. The van der Waals surface area contributed by atoms with Crippen LogP contribution in [0.25, 0.3) is 27.7 Å². The Morgan fingerprint density at radius 1 is 1.03 bits per heavy atom.